The largest absolute Gasteiger partial charge is 0.433 e. The highest BCUT2D eigenvalue weighted by Crippen LogP contribution is 2.42. The Morgan fingerprint density at radius 1 is 1.06 bits per heavy atom. The number of hydrogen-bond acceptors (Lipinski definition) is 3. The number of benzene rings is 1. The zero-order valence-electron chi connectivity index (χ0n) is 20.0. The molecule has 2 fully saturated rings. The molecular weight excluding hydrogens is 453 g/mol. The molecule has 8 heteroatoms. The highest BCUT2D eigenvalue weighted by atomic mass is 19.4. The van der Waals surface area contributed by atoms with Crippen molar-refractivity contribution in [3.8, 4) is 11.3 Å². The first-order valence-electron chi connectivity index (χ1n) is 12.6. The molecule has 0 unspecified atom stereocenters. The monoisotopic (exact) mass is 482 g/mol. The van der Waals surface area contributed by atoms with Crippen molar-refractivity contribution in [3.63, 3.8) is 0 Å². The zero-order chi connectivity index (χ0) is 24.5. The third-order valence-corrected chi connectivity index (χ3v) is 8.33. The maximum Gasteiger partial charge on any atom is 0.433 e. The van der Waals surface area contributed by atoms with Crippen molar-refractivity contribution in [1.29, 1.82) is 0 Å². The molecule has 3 aliphatic rings. The van der Waals surface area contributed by atoms with Gasteiger partial charge in [0.15, 0.2) is 17.0 Å². The van der Waals surface area contributed by atoms with Crippen molar-refractivity contribution in [2.45, 2.75) is 77.1 Å². The maximum atomic E-state index is 14.4. The molecule has 184 valence electrons. The third kappa shape index (κ3) is 3.64. The lowest BCUT2D eigenvalue weighted by Crippen LogP contribution is -2.54. The van der Waals surface area contributed by atoms with E-state index >= 15 is 0 Å². The number of nitrogens with zero attached hydrogens (tertiary/aromatic N) is 4. The van der Waals surface area contributed by atoms with Crippen LogP contribution in [-0.4, -0.2) is 37.5 Å². The number of amides is 1. The van der Waals surface area contributed by atoms with E-state index in [0.29, 0.717) is 24.0 Å². The summed E-state index contributed by atoms with van der Waals surface area (Å²) in [5.74, 6) is 0.812. The fraction of sp³-hybridized carbons (Fsp3) is 0.519. The lowest BCUT2D eigenvalue weighted by atomic mass is 9.72. The Balaban J connectivity index is 1.47. The number of likely N-dealkylation sites (tertiary alicyclic amines) is 1. The van der Waals surface area contributed by atoms with E-state index in [2.05, 4.69) is 17.0 Å². The Labute approximate surface area is 202 Å². The standard InChI is InChI=1S/C27H29F3N4O/c1-15-7-12-22-18(13-15)9-8-16(2)33(22)26(35)21-14-23-31-24-19-6-4-3-5-17(19)10-11-20(24)25(27(28,29)30)34(23)32-21/h3-6,14-16,18,22H,7-13H2,1-2H3/t15-,16-,18+,22-/m0/s1. The maximum absolute atomic E-state index is 14.4. The first kappa shape index (κ1) is 22.6. The van der Waals surface area contributed by atoms with E-state index in [-0.39, 0.29) is 41.3 Å². The van der Waals surface area contributed by atoms with Gasteiger partial charge in [0.05, 0.1) is 5.69 Å². The van der Waals surface area contributed by atoms with E-state index in [9.17, 15) is 18.0 Å². The molecule has 0 radical (unpaired) electrons. The van der Waals surface area contributed by atoms with Crippen LogP contribution >= 0.6 is 0 Å². The van der Waals surface area contributed by atoms with Crippen molar-refractivity contribution in [2.24, 2.45) is 11.8 Å². The topological polar surface area (TPSA) is 50.5 Å². The first-order chi connectivity index (χ1) is 16.7. The minimum atomic E-state index is -4.62. The molecule has 0 bridgehead atoms. The van der Waals surface area contributed by atoms with E-state index in [0.717, 1.165) is 47.7 Å². The molecule has 5 nitrogen and oxygen atoms in total. The third-order valence-electron chi connectivity index (χ3n) is 8.33. The molecule has 0 spiro atoms. The van der Waals surface area contributed by atoms with Crippen molar-refractivity contribution in [3.05, 3.63) is 52.8 Å². The van der Waals surface area contributed by atoms with Crippen LogP contribution in [0.3, 0.4) is 0 Å². The van der Waals surface area contributed by atoms with Gasteiger partial charge in [-0.15, -0.1) is 0 Å². The number of halogens is 3. The van der Waals surface area contributed by atoms with Gasteiger partial charge in [0, 0.05) is 29.3 Å². The van der Waals surface area contributed by atoms with Crippen LogP contribution in [0.1, 0.15) is 73.3 Å². The molecule has 4 atom stereocenters. The number of carbonyl (C=O) groups excluding carboxylic acids is 1. The first-order valence-corrected chi connectivity index (χ1v) is 12.6. The highest BCUT2D eigenvalue weighted by molar-refractivity contribution is 5.94. The highest BCUT2D eigenvalue weighted by Gasteiger charge is 2.43. The molecule has 1 aromatic carbocycles. The number of carbonyl (C=O) groups is 1. The molecular formula is C27H29F3N4O. The Morgan fingerprint density at radius 2 is 1.86 bits per heavy atom. The normalized spacial score (nSPS) is 26.3. The average molecular weight is 483 g/mol. The van der Waals surface area contributed by atoms with E-state index < -0.39 is 11.9 Å². The van der Waals surface area contributed by atoms with Gasteiger partial charge in [0.25, 0.3) is 5.91 Å². The number of piperidine rings is 1. The molecule has 6 rings (SSSR count). The summed E-state index contributed by atoms with van der Waals surface area (Å²) in [5, 5.41) is 4.25. The quantitative estimate of drug-likeness (QED) is 0.431. The lowest BCUT2D eigenvalue weighted by molar-refractivity contribution is -0.143. The smallest absolute Gasteiger partial charge is 0.331 e. The summed E-state index contributed by atoms with van der Waals surface area (Å²) in [7, 11) is 0. The second-order valence-corrected chi connectivity index (χ2v) is 10.6. The molecule has 1 aliphatic heterocycles. The van der Waals surface area contributed by atoms with Crippen LogP contribution in [0.5, 0.6) is 0 Å². The Bertz CT molecular complexity index is 1310. The van der Waals surface area contributed by atoms with Gasteiger partial charge in [-0.05, 0) is 69.3 Å². The van der Waals surface area contributed by atoms with E-state index in [1.54, 1.807) is 0 Å². The Kier molecular flexibility index (Phi) is 5.20. The van der Waals surface area contributed by atoms with Gasteiger partial charge in [-0.1, -0.05) is 31.2 Å². The van der Waals surface area contributed by atoms with Crippen LogP contribution in [0.15, 0.2) is 30.3 Å². The van der Waals surface area contributed by atoms with Gasteiger partial charge in [-0.2, -0.15) is 18.3 Å². The lowest BCUT2D eigenvalue weighted by Gasteiger charge is -2.48. The van der Waals surface area contributed by atoms with Gasteiger partial charge >= 0.3 is 6.18 Å². The van der Waals surface area contributed by atoms with Crippen molar-refractivity contribution in [2.75, 3.05) is 0 Å². The van der Waals surface area contributed by atoms with Crippen molar-refractivity contribution < 1.29 is 18.0 Å². The minimum Gasteiger partial charge on any atom is -0.331 e. The molecule has 3 heterocycles. The van der Waals surface area contributed by atoms with Crippen LogP contribution in [0.25, 0.3) is 16.9 Å². The Hall–Kier alpha value is -2.90. The number of aromatic nitrogens is 3. The van der Waals surface area contributed by atoms with Gasteiger partial charge in [0.1, 0.15) is 0 Å². The summed E-state index contributed by atoms with van der Waals surface area (Å²) in [5.41, 5.74) is 1.50. The zero-order valence-corrected chi connectivity index (χ0v) is 20.0. The summed E-state index contributed by atoms with van der Waals surface area (Å²) in [6, 6.07) is 9.07. The summed E-state index contributed by atoms with van der Waals surface area (Å²) in [6.45, 7) is 4.30. The fourth-order valence-corrected chi connectivity index (χ4v) is 6.69. The summed E-state index contributed by atoms with van der Waals surface area (Å²) in [6.07, 6.45) is 1.23. The second-order valence-electron chi connectivity index (χ2n) is 10.6. The van der Waals surface area contributed by atoms with Gasteiger partial charge in [-0.3, -0.25) is 4.79 Å². The van der Waals surface area contributed by atoms with Gasteiger partial charge in [0.2, 0.25) is 0 Å². The number of hydrogen-bond donors (Lipinski definition) is 0. The number of fused-ring (bicyclic) bond motifs is 5. The fourth-order valence-electron chi connectivity index (χ4n) is 6.69. The average Bonchev–Trinajstić information content (AvgIpc) is 3.25. The summed E-state index contributed by atoms with van der Waals surface area (Å²) < 4.78 is 44.0. The van der Waals surface area contributed by atoms with E-state index in [1.165, 1.54) is 6.07 Å². The number of rotatable bonds is 1. The van der Waals surface area contributed by atoms with Gasteiger partial charge in [-0.25, -0.2) is 9.50 Å². The molecule has 1 saturated carbocycles. The molecule has 1 saturated heterocycles. The van der Waals surface area contributed by atoms with Gasteiger partial charge < -0.3 is 4.90 Å². The van der Waals surface area contributed by atoms with Crippen LogP contribution in [0, 0.1) is 11.8 Å². The summed E-state index contributed by atoms with van der Waals surface area (Å²) >= 11 is 0. The van der Waals surface area contributed by atoms with Crippen molar-refractivity contribution >= 4 is 11.6 Å². The summed E-state index contributed by atoms with van der Waals surface area (Å²) in [4.78, 5) is 20.3. The molecule has 3 aromatic rings. The van der Waals surface area contributed by atoms with Crippen molar-refractivity contribution in [1.82, 2.24) is 19.5 Å². The van der Waals surface area contributed by atoms with Crippen LogP contribution in [-0.2, 0) is 19.0 Å². The number of aryl methyl sites for hydroxylation is 1. The number of alkyl halides is 3. The Morgan fingerprint density at radius 3 is 2.66 bits per heavy atom. The molecule has 0 N–H and O–H groups in total. The van der Waals surface area contributed by atoms with E-state index in [1.807, 2.05) is 36.1 Å². The molecule has 1 amide bonds. The van der Waals surface area contributed by atoms with Crippen LogP contribution < -0.4 is 0 Å². The second kappa shape index (κ2) is 8.07. The molecule has 2 aromatic heterocycles. The van der Waals surface area contributed by atoms with E-state index in [4.69, 9.17) is 0 Å². The molecule has 35 heavy (non-hydrogen) atoms. The van der Waals surface area contributed by atoms with Crippen LogP contribution in [0.2, 0.25) is 0 Å². The predicted octanol–water partition coefficient (Wildman–Crippen LogP) is 5.94. The SMILES string of the molecule is C[C@H]1CC[C@H]2[C@H](CC[C@H](C)N2C(=O)c2cc3nc4c(c(C(F)(F)F)n3n2)CCc2ccccc2-4)C1. The minimum absolute atomic E-state index is 0.0390. The molecule has 2 aliphatic carbocycles. The van der Waals surface area contributed by atoms with Crippen LogP contribution in [0.4, 0.5) is 13.2 Å². The predicted molar refractivity (Wildman–Crippen MR) is 126 cm³/mol.